The van der Waals surface area contributed by atoms with E-state index in [4.69, 9.17) is 14.2 Å². The molecule has 0 aromatic heterocycles. The van der Waals surface area contributed by atoms with Crippen molar-refractivity contribution in [2.45, 2.75) is 37.1 Å². The third-order valence-corrected chi connectivity index (χ3v) is 7.26. The molecule has 1 N–H and O–H groups in total. The molecular weight excluding hydrogens is 426 g/mol. The number of hydrogen-bond acceptors (Lipinski definition) is 6. The van der Waals surface area contributed by atoms with E-state index >= 15 is 0 Å². The summed E-state index contributed by atoms with van der Waals surface area (Å²) in [7, 11) is 4.78. The molecule has 0 heterocycles. The van der Waals surface area contributed by atoms with Gasteiger partial charge in [-0.15, -0.1) is 11.8 Å². The minimum absolute atomic E-state index is 0.0549. The summed E-state index contributed by atoms with van der Waals surface area (Å²) in [5, 5.41) is 3.23. The second-order valence-electron chi connectivity index (χ2n) is 8.38. The summed E-state index contributed by atoms with van der Waals surface area (Å²) in [5.41, 5.74) is 3.52. The lowest BCUT2D eigenvalue weighted by Crippen LogP contribution is -2.30. The smallest absolute Gasteiger partial charge is 0.223 e. The topological polar surface area (TPSA) is 73.9 Å². The number of benzene rings is 1. The van der Waals surface area contributed by atoms with Crippen LogP contribution >= 0.6 is 11.8 Å². The number of rotatable bonds is 6. The Hall–Kier alpha value is -2.67. The molecule has 2 aromatic rings. The summed E-state index contributed by atoms with van der Waals surface area (Å²) in [6.45, 7) is 2.09. The highest BCUT2D eigenvalue weighted by Crippen LogP contribution is 2.50. The van der Waals surface area contributed by atoms with Gasteiger partial charge in [0, 0.05) is 11.5 Å². The number of carbonyl (C=O) groups is 1. The van der Waals surface area contributed by atoms with Gasteiger partial charge in [0.2, 0.25) is 11.7 Å². The third kappa shape index (κ3) is 3.94. The summed E-state index contributed by atoms with van der Waals surface area (Å²) in [6, 6.07) is 7.18. The van der Waals surface area contributed by atoms with Crippen LogP contribution in [0.15, 0.2) is 34.0 Å². The minimum Gasteiger partial charge on any atom is -0.493 e. The largest absolute Gasteiger partial charge is 0.493 e. The fraction of sp³-hybridized carbons (Fsp3) is 0.440. The lowest BCUT2D eigenvalue weighted by Gasteiger charge is -2.20. The first-order chi connectivity index (χ1) is 15.4. The molecule has 0 radical (unpaired) electrons. The minimum atomic E-state index is -0.269. The standard InChI is InChI=1S/C25H29NO5S/c1-13-10-16(13)25(28)26-18-8-6-14-11-20(29-2)23(30-3)24(31-4)22(14)15-7-9-21(32-5)19(27)12-17(15)18/h7,9,11-13,16,18H,6,8,10H2,1-5H3,(H,26,28)/t13?,16?,18-/m0/s1. The molecule has 1 saturated carbocycles. The Labute approximate surface area is 192 Å². The van der Waals surface area contributed by atoms with Crippen LogP contribution in [0.3, 0.4) is 0 Å². The van der Waals surface area contributed by atoms with Gasteiger partial charge >= 0.3 is 0 Å². The Kier molecular flexibility index (Phi) is 6.38. The maximum absolute atomic E-state index is 12.9. The first-order valence-electron chi connectivity index (χ1n) is 10.8. The summed E-state index contributed by atoms with van der Waals surface area (Å²) in [5.74, 6) is 2.20. The number of thioether (sulfide) groups is 1. The number of hydrogen-bond donors (Lipinski definition) is 1. The lowest BCUT2D eigenvalue weighted by atomic mass is 9.95. The molecule has 6 nitrogen and oxygen atoms in total. The van der Waals surface area contributed by atoms with Gasteiger partial charge in [0.15, 0.2) is 16.9 Å². The first kappa shape index (κ1) is 22.5. The van der Waals surface area contributed by atoms with Crippen molar-refractivity contribution in [1.82, 2.24) is 5.32 Å². The van der Waals surface area contributed by atoms with Crippen LogP contribution in [0.25, 0.3) is 11.1 Å². The second-order valence-corrected chi connectivity index (χ2v) is 9.23. The quantitative estimate of drug-likeness (QED) is 0.658. The lowest BCUT2D eigenvalue weighted by molar-refractivity contribution is -0.123. The molecule has 2 aromatic carbocycles. The first-order valence-corrected chi connectivity index (χ1v) is 12.0. The summed E-state index contributed by atoms with van der Waals surface area (Å²) >= 11 is 1.41. The van der Waals surface area contributed by atoms with Crippen LogP contribution in [0.1, 0.15) is 36.9 Å². The normalized spacial score (nSPS) is 21.0. The van der Waals surface area contributed by atoms with Crippen LogP contribution in [0.5, 0.6) is 17.2 Å². The van der Waals surface area contributed by atoms with E-state index in [0.29, 0.717) is 40.9 Å². The molecule has 0 aliphatic heterocycles. The van der Waals surface area contributed by atoms with Crippen LogP contribution < -0.4 is 25.0 Å². The second kappa shape index (κ2) is 9.06. The molecule has 1 fully saturated rings. The Morgan fingerprint density at radius 3 is 2.41 bits per heavy atom. The van der Waals surface area contributed by atoms with Gasteiger partial charge in [0.25, 0.3) is 0 Å². The Balaban J connectivity index is 1.95. The van der Waals surface area contributed by atoms with Gasteiger partial charge in [-0.2, -0.15) is 0 Å². The molecule has 2 aliphatic carbocycles. The maximum Gasteiger partial charge on any atom is 0.223 e. The maximum atomic E-state index is 12.9. The molecule has 3 atom stereocenters. The van der Waals surface area contributed by atoms with E-state index in [0.717, 1.165) is 28.7 Å². The van der Waals surface area contributed by atoms with Crippen molar-refractivity contribution in [2.75, 3.05) is 27.6 Å². The van der Waals surface area contributed by atoms with Gasteiger partial charge in [-0.25, -0.2) is 0 Å². The summed E-state index contributed by atoms with van der Waals surface area (Å²) in [6.07, 6.45) is 4.17. The van der Waals surface area contributed by atoms with Crippen molar-refractivity contribution in [3.63, 3.8) is 0 Å². The average Bonchev–Trinajstić information content (AvgIpc) is 3.57. The van der Waals surface area contributed by atoms with Gasteiger partial charge in [-0.1, -0.05) is 13.0 Å². The van der Waals surface area contributed by atoms with Crippen LogP contribution in [-0.2, 0) is 11.2 Å². The van der Waals surface area contributed by atoms with E-state index in [1.807, 2.05) is 24.5 Å². The predicted octanol–water partition coefficient (Wildman–Crippen LogP) is 4.22. The van der Waals surface area contributed by atoms with E-state index in [1.165, 1.54) is 11.8 Å². The van der Waals surface area contributed by atoms with Gasteiger partial charge in [0.05, 0.1) is 32.3 Å². The predicted molar refractivity (Wildman–Crippen MR) is 126 cm³/mol. The molecule has 0 saturated heterocycles. The van der Waals surface area contributed by atoms with E-state index in [-0.39, 0.29) is 23.3 Å². The zero-order valence-corrected chi connectivity index (χ0v) is 19.9. The van der Waals surface area contributed by atoms with Crippen molar-refractivity contribution in [2.24, 2.45) is 11.8 Å². The molecule has 4 rings (SSSR count). The molecule has 2 aliphatic rings. The van der Waals surface area contributed by atoms with Crippen molar-refractivity contribution in [1.29, 1.82) is 0 Å². The van der Waals surface area contributed by atoms with Crippen molar-refractivity contribution in [3.8, 4) is 28.4 Å². The molecule has 1 amide bonds. The monoisotopic (exact) mass is 455 g/mol. The Morgan fingerprint density at radius 1 is 1.09 bits per heavy atom. The van der Waals surface area contributed by atoms with Crippen LogP contribution in [0, 0.1) is 11.8 Å². The molecule has 32 heavy (non-hydrogen) atoms. The third-order valence-electron chi connectivity index (χ3n) is 6.48. The molecule has 170 valence electrons. The molecule has 0 spiro atoms. The van der Waals surface area contributed by atoms with Gasteiger partial charge < -0.3 is 19.5 Å². The van der Waals surface area contributed by atoms with Gasteiger partial charge in [0.1, 0.15) is 0 Å². The van der Waals surface area contributed by atoms with Crippen LogP contribution in [-0.4, -0.2) is 33.5 Å². The van der Waals surface area contributed by atoms with Crippen LogP contribution in [0.4, 0.5) is 0 Å². The number of ether oxygens (including phenoxy) is 3. The van der Waals surface area contributed by atoms with E-state index in [1.54, 1.807) is 27.4 Å². The zero-order chi connectivity index (χ0) is 23.0. The van der Waals surface area contributed by atoms with E-state index in [9.17, 15) is 9.59 Å². The van der Waals surface area contributed by atoms with Gasteiger partial charge in [-0.3, -0.25) is 9.59 Å². The molecule has 7 heteroatoms. The van der Waals surface area contributed by atoms with E-state index < -0.39 is 0 Å². The average molecular weight is 456 g/mol. The number of fused-ring (bicyclic) bond motifs is 3. The molecule has 2 unspecified atom stereocenters. The summed E-state index contributed by atoms with van der Waals surface area (Å²) in [4.78, 5) is 26.4. The van der Waals surface area contributed by atoms with Gasteiger partial charge in [-0.05, 0) is 66.3 Å². The Morgan fingerprint density at radius 2 is 1.81 bits per heavy atom. The fourth-order valence-corrected chi connectivity index (χ4v) is 5.05. The van der Waals surface area contributed by atoms with E-state index in [2.05, 4.69) is 12.2 Å². The number of carbonyl (C=O) groups excluding carboxylic acids is 1. The SMILES string of the molecule is COc1cc2c(c(OC)c1OC)-c1ccc(SC)c(=O)cc1[C@@H](NC(=O)C1CC1C)CC2. The van der Waals surface area contributed by atoms with Crippen molar-refractivity contribution < 1.29 is 19.0 Å². The van der Waals surface area contributed by atoms with Crippen molar-refractivity contribution >= 4 is 17.7 Å². The number of amides is 1. The Bertz CT molecular complexity index is 1120. The van der Waals surface area contributed by atoms with Crippen LogP contribution in [0.2, 0.25) is 0 Å². The zero-order valence-electron chi connectivity index (χ0n) is 19.1. The molecular formula is C25H29NO5S. The summed E-state index contributed by atoms with van der Waals surface area (Å²) < 4.78 is 17.0. The number of nitrogens with one attached hydrogen (secondary N) is 1. The highest BCUT2D eigenvalue weighted by Gasteiger charge is 2.40. The molecule has 0 bridgehead atoms. The number of methoxy groups -OCH3 is 3. The number of aryl methyl sites for hydroxylation is 1. The van der Waals surface area contributed by atoms with Crippen molar-refractivity contribution in [3.05, 3.63) is 45.6 Å². The highest BCUT2D eigenvalue weighted by molar-refractivity contribution is 7.98. The fourth-order valence-electron chi connectivity index (χ4n) is 4.58. The highest BCUT2D eigenvalue weighted by atomic mass is 32.2.